The summed E-state index contributed by atoms with van der Waals surface area (Å²) in [6.45, 7) is 4.44. The van der Waals surface area contributed by atoms with Crippen LogP contribution in [0, 0.1) is 19.7 Å². The number of nitrogens with zero attached hydrogens (tertiary/aromatic N) is 1. The fourth-order valence-corrected chi connectivity index (χ4v) is 1.84. The first-order chi connectivity index (χ1) is 8.08. The van der Waals surface area contributed by atoms with Gasteiger partial charge < -0.3 is 5.32 Å². The van der Waals surface area contributed by atoms with Gasteiger partial charge in [0, 0.05) is 17.8 Å². The van der Waals surface area contributed by atoms with Gasteiger partial charge in [0.1, 0.15) is 5.82 Å². The number of nitrogens with one attached hydrogen (secondary N) is 2. The molecule has 2 aromatic rings. The Balaban J connectivity index is 2.15. The SMILES string of the molecule is Cc1n[nH]c(C)c1CNc1cc(F)ccc1Cl. The van der Waals surface area contributed by atoms with Crippen molar-refractivity contribution in [3.05, 3.63) is 46.0 Å². The fraction of sp³-hybridized carbons (Fsp3) is 0.250. The van der Waals surface area contributed by atoms with Crippen LogP contribution in [-0.4, -0.2) is 10.2 Å². The van der Waals surface area contributed by atoms with Crippen molar-refractivity contribution in [3.63, 3.8) is 0 Å². The highest BCUT2D eigenvalue weighted by Gasteiger charge is 2.07. The summed E-state index contributed by atoms with van der Waals surface area (Å²) in [4.78, 5) is 0. The van der Waals surface area contributed by atoms with Gasteiger partial charge in [0.2, 0.25) is 0 Å². The molecule has 0 saturated carbocycles. The van der Waals surface area contributed by atoms with E-state index in [9.17, 15) is 4.39 Å². The highest BCUT2D eigenvalue weighted by molar-refractivity contribution is 6.33. The van der Waals surface area contributed by atoms with Crippen molar-refractivity contribution in [1.82, 2.24) is 10.2 Å². The molecule has 0 amide bonds. The normalized spacial score (nSPS) is 10.6. The van der Waals surface area contributed by atoms with E-state index in [1.165, 1.54) is 18.2 Å². The van der Waals surface area contributed by atoms with E-state index < -0.39 is 0 Å². The number of benzene rings is 1. The number of anilines is 1. The minimum atomic E-state index is -0.308. The topological polar surface area (TPSA) is 40.7 Å². The maximum absolute atomic E-state index is 13.1. The maximum atomic E-state index is 13.1. The van der Waals surface area contributed by atoms with Crippen LogP contribution in [0.5, 0.6) is 0 Å². The van der Waals surface area contributed by atoms with Crippen LogP contribution in [0.2, 0.25) is 5.02 Å². The number of aromatic nitrogens is 2. The third kappa shape index (κ3) is 2.58. The minimum absolute atomic E-state index is 0.308. The molecule has 2 N–H and O–H groups in total. The molecule has 1 aromatic carbocycles. The summed E-state index contributed by atoms with van der Waals surface area (Å²) in [5, 5.41) is 10.6. The van der Waals surface area contributed by atoms with Crippen LogP contribution in [0.1, 0.15) is 17.0 Å². The van der Waals surface area contributed by atoms with E-state index in [2.05, 4.69) is 15.5 Å². The van der Waals surface area contributed by atoms with Crippen molar-refractivity contribution >= 4 is 17.3 Å². The molecule has 3 nitrogen and oxygen atoms in total. The number of halogens is 2. The Hall–Kier alpha value is -1.55. The summed E-state index contributed by atoms with van der Waals surface area (Å²) < 4.78 is 13.1. The molecule has 1 heterocycles. The molecule has 1 aromatic heterocycles. The van der Waals surface area contributed by atoms with E-state index in [0.29, 0.717) is 17.3 Å². The minimum Gasteiger partial charge on any atom is -0.380 e. The van der Waals surface area contributed by atoms with E-state index in [0.717, 1.165) is 17.0 Å². The number of aryl methyl sites for hydroxylation is 2. The number of H-pyrrole nitrogens is 1. The number of hydrogen-bond donors (Lipinski definition) is 2. The van der Waals surface area contributed by atoms with Crippen molar-refractivity contribution in [2.75, 3.05) is 5.32 Å². The van der Waals surface area contributed by atoms with Crippen LogP contribution >= 0.6 is 11.6 Å². The second-order valence-electron chi connectivity index (χ2n) is 3.89. The smallest absolute Gasteiger partial charge is 0.125 e. The second kappa shape index (κ2) is 4.75. The van der Waals surface area contributed by atoms with Gasteiger partial charge in [0.05, 0.1) is 16.4 Å². The molecule has 17 heavy (non-hydrogen) atoms. The van der Waals surface area contributed by atoms with Gasteiger partial charge in [-0.05, 0) is 32.0 Å². The van der Waals surface area contributed by atoms with Crippen LogP contribution in [0.3, 0.4) is 0 Å². The Morgan fingerprint density at radius 3 is 2.82 bits per heavy atom. The summed E-state index contributed by atoms with van der Waals surface area (Å²) in [7, 11) is 0. The average Bonchev–Trinajstić information content (AvgIpc) is 2.61. The molecule has 0 aliphatic rings. The zero-order valence-electron chi connectivity index (χ0n) is 9.64. The molecule has 0 atom stereocenters. The van der Waals surface area contributed by atoms with Crippen LogP contribution in [0.4, 0.5) is 10.1 Å². The van der Waals surface area contributed by atoms with Crippen LogP contribution in [0.15, 0.2) is 18.2 Å². The number of aromatic amines is 1. The quantitative estimate of drug-likeness (QED) is 0.880. The fourth-order valence-electron chi connectivity index (χ4n) is 1.65. The van der Waals surface area contributed by atoms with E-state index in [1.807, 2.05) is 13.8 Å². The Labute approximate surface area is 104 Å². The van der Waals surface area contributed by atoms with Crippen molar-refractivity contribution in [1.29, 1.82) is 0 Å². The lowest BCUT2D eigenvalue weighted by atomic mass is 10.2. The molecule has 90 valence electrons. The average molecular weight is 254 g/mol. The van der Waals surface area contributed by atoms with Gasteiger partial charge in [-0.3, -0.25) is 5.10 Å². The van der Waals surface area contributed by atoms with Gasteiger partial charge in [-0.15, -0.1) is 0 Å². The maximum Gasteiger partial charge on any atom is 0.125 e. The number of hydrogen-bond acceptors (Lipinski definition) is 2. The highest BCUT2D eigenvalue weighted by atomic mass is 35.5. The molecule has 0 bridgehead atoms. The Morgan fingerprint density at radius 1 is 1.41 bits per heavy atom. The lowest BCUT2D eigenvalue weighted by Crippen LogP contribution is -2.02. The monoisotopic (exact) mass is 253 g/mol. The van der Waals surface area contributed by atoms with Gasteiger partial charge >= 0.3 is 0 Å². The summed E-state index contributed by atoms with van der Waals surface area (Å²) in [5.41, 5.74) is 3.60. The predicted molar refractivity (Wildman–Crippen MR) is 66.8 cm³/mol. The molecule has 0 radical (unpaired) electrons. The van der Waals surface area contributed by atoms with Gasteiger partial charge in [-0.1, -0.05) is 11.6 Å². The summed E-state index contributed by atoms with van der Waals surface area (Å²) in [6, 6.07) is 4.25. The first-order valence-corrected chi connectivity index (χ1v) is 5.65. The van der Waals surface area contributed by atoms with Crippen molar-refractivity contribution in [3.8, 4) is 0 Å². The van der Waals surface area contributed by atoms with Gasteiger partial charge in [0.25, 0.3) is 0 Å². The van der Waals surface area contributed by atoms with Crippen molar-refractivity contribution in [2.24, 2.45) is 0 Å². The highest BCUT2D eigenvalue weighted by Crippen LogP contribution is 2.23. The molecule has 0 aliphatic heterocycles. The molecule has 0 aliphatic carbocycles. The third-order valence-electron chi connectivity index (χ3n) is 2.66. The zero-order valence-corrected chi connectivity index (χ0v) is 10.4. The largest absolute Gasteiger partial charge is 0.380 e. The predicted octanol–water partition coefficient (Wildman–Crippen LogP) is 3.43. The van der Waals surface area contributed by atoms with Crippen molar-refractivity contribution in [2.45, 2.75) is 20.4 Å². The molecule has 0 spiro atoms. The zero-order chi connectivity index (χ0) is 12.4. The summed E-state index contributed by atoms with van der Waals surface area (Å²) >= 11 is 5.96. The second-order valence-corrected chi connectivity index (χ2v) is 4.30. The first kappa shape index (κ1) is 11.9. The molecule has 0 unspecified atom stereocenters. The van der Waals surface area contributed by atoms with Gasteiger partial charge in [-0.2, -0.15) is 5.10 Å². The van der Waals surface area contributed by atoms with E-state index in [1.54, 1.807) is 0 Å². The molecular formula is C12H13ClFN3. The summed E-state index contributed by atoms with van der Waals surface area (Å²) in [6.07, 6.45) is 0. The Morgan fingerprint density at radius 2 is 2.18 bits per heavy atom. The van der Waals surface area contributed by atoms with Crippen molar-refractivity contribution < 1.29 is 4.39 Å². The van der Waals surface area contributed by atoms with Crippen LogP contribution in [0.25, 0.3) is 0 Å². The summed E-state index contributed by atoms with van der Waals surface area (Å²) in [5.74, 6) is -0.308. The standard InChI is InChI=1S/C12H13ClFN3/c1-7-10(8(2)17-16-7)6-15-12-5-9(14)3-4-11(12)13/h3-5,15H,6H2,1-2H3,(H,16,17). The van der Waals surface area contributed by atoms with E-state index in [-0.39, 0.29) is 5.82 Å². The Kier molecular flexibility index (Phi) is 3.33. The van der Waals surface area contributed by atoms with Crippen LogP contribution in [-0.2, 0) is 6.54 Å². The molecule has 2 rings (SSSR count). The van der Waals surface area contributed by atoms with Gasteiger partial charge in [-0.25, -0.2) is 4.39 Å². The molecule has 5 heteroatoms. The molecule has 0 saturated heterocycles. The van der Waals surface area contributed by atoms with E-state index >= 15 is 0 Å². The van der Waals surface area contributed by atoms with E-state index in [4.69, 9.17) is 11.6 Å². The Bertz CT molecular complexity index is 517. The number of rotatable bonds is 3. The lowest BCUT2D eigenvalue weighted by Gasteiger charge is -2.08. The third-order valence-corrected chi connectivity index (χ3v) is 2.99. The van der Waals surface area contributed by atoms with Crippen LogP contribution < -0.4 is 5.32 Å². The molecular weight excluding hydrogens is 241 g/mol. The van der Waals surface area contributed by atoms with Gasteiger partial charge in [0.15, 0.2) is 0 Å². The molecule has 0 fully saturated rings. The lowest BCUT2D eigenvalue weighted by molar-refractivity contribution is 0.628. The first-order valence-electron chi connectivity index (χ1n) is 5.27.